The molecule has 0 spiro atoms. The lowest BCUT2D eigenvalue weighted by molar-refractivity contribution is 1.23. The van der Waals surface area contributed by atoms with Crippen LogP contribution in [0, 0.1) is 0 Å². The fourth-order valence-electron chi connectivity index (χ4n) is 2.92. The van der Waals surface area contributed by atoms with Crippen LogP contribution < -0.4 is 5.73 Å². The molecule has 0 atom stereocenters. The van der Waals surface area contributed by atoms with E-state index in [4.69, 9.17) is 5.73 Å². The average Bonchev–Trinajstić information content (AvgIpc) is 3.25. The van der Waals surface area contributed by atoms with E-state index < -0.39 is 0 Å². The van der Waals surface area contributed by atoms with E-state index in [0.717, 1.165) is 39.4 Å². The molecule has 1 heterocycles. The van der Waals surface area contributed by atoms with Gasteiger partial charge in [0.2, 0.25) is 0 Å². The Bertz CT molecular complexity index is 1270. The predicted molar refractivity (Wildman–Crippen MR) is 176 cm³/mol. The molecule has 0 amide bonds. The summed E-state index contributed by atoms with van der Waals surface area (Å²) in [5, 5.41) is 0. The summed E-state index contributed by atoms with van der Waals surface area (Å²) in [4.78, 5) is 13.4. The Balaban J connectivity index is 0.000000707. The van der Waals surface area contributed by atoms with Crippen molar-refractivity contribution in [2.45, 2.75) is 41.5 Å². The van der Waals surface area contributed by atoms with Gasteiger partial charge in [-0.1, -0.05) is 94.3 Å². The van der Waals surface area contributed by atoms with Crippen LogP contribution in [-0.4, -0.2) is 24.2 Å². The summed E-state index contributed by atoms with van der Waals surface area (Å²) >= 11 is 0. The number of nitrogens with two attached hydrogens (primary N) is 1. The van der Waals surface area contributed by atoms with Crippen LogP contribution in [-0.2, 0) is 0 Å². The molecule has 4 nitrogen and oxygen atoms in total. The van der Waals surface area contributed by atoms with Crippen molar-refractivity contribution in [3.05, 3.63) is 150 Å². The fraction of sp³-hybridized carbons (Fsp3) is 0.200. The zero-order chi connectivity index (χ0) is 29.6. The number of allylic oxidation sites excluding steroid dienone is 15. The lowest BCUT2D eigenvalue weighted by atomic mass is 10.0. The Morgan fingerprint density at radius 2 is 1.82 bits per heavy atom. The van der Waals surface area contributed by atoms with Crippen molar-refractivity contribution in [1.82, 2.24) is 0 Å². The van der Waals surface area contributed by atoms with Gasteiger partial charge in [-0.2, -0.15) is 0 Å². The van der Waals surface area contributed by atoms with Crippen LogP contribution in [0.15, 0.2) is 165 Å². The van der Waals surface area contributed by atoms with Crippen LogP contribution in [0.1, 0.15) is 41.5 Å². The maximum atomic E-state index is 5.57. The van der Waals surface area contributed by atoms with E-state index in [-0.39, 0.29) is 0 Å². The minimum Gasteiger partial charge on any atom is -0.398 e. The summed E-state index contributed by atoms with van der Waals surface area (Å²) in [6.07, 6.45) is 26.9. The first-order chi connectivity index (χ1) is 18.7. The van der Waals surface area contributed by atoms with Gasteiger partial charge in [-0.3, -0.25) is 15.0 Å². The van der Waals surface area contributed by atoms with Crippen LogP contribution in [0.5, 0.6) is 0 Å². The largest absolute Gasteiger partial charge is 0.398 e. The van der Waals surface area contributed by atoms with Crippen molar-refractivity contribution in [3.63, 3.8) is 0 Å². The average molecular weight is 521 g/mol. The maximum Gasteiger partial charge on any atom is 0.0880 e. The molecule has 0 bridgehead atoms. The molecule has 0 unspecified atom stereocenters. The van der Waals surface area contributed by atoms with Gasteiger partial charge >= 0.3 is 0 Å². The van der Waals surface area contributed by atoms with Crippen LogP contribution in [0.25, 0.3) is 0 Å². The Labute approximate surface area is 236 Å². The Kier molecular flexibility index (Phi) is 18.1. The van der Waals surface area contributed by atoms with E-state index in [1.165, 1.54) is 0 Å². The normalized spacial score (nSPS) is 15.2. The molecule has 4 heteroatoms. The van der Waals surface area contributed by atoms with Crippen LogP contribution in [0.2, 0.25) is 0 Å². The topological polar surface area (TPSA) is 63.1 Å². The molecule has 0 aromatic rings. The maximum absolute atomic E-state index is 5.57. The predicted octanol–water partition coefficient (Wildman–Crippen LogP) is 8.83. The molecule has 0 aromatic carbocycles. The van der Waals surface area contributed by atoms with Gasteiger partial charge in [0.25, 0.3) is 0 Å². The number of hydrogen-bond acceptors (Lipinski definition) is 4. The van der Waals surface area contributed by atoms with Crippen molar-refractivity contribution in [2.75, 3.05) is 6.54 Å². The van der Waals surface area contributed by atoms with E-state index >= 15 is 0 Å². The van der Waals surface area contributed by atoms with Crippen molar-refractivity contribution in [2.24, 2.45) is 20.7 Å². The first kappa shape index (κ1) is 34.5. The summed E-state index contributed by atoms with van der Waals surface area (Å²) in [6, 6.07) is 0. The van der Waals surface area contributed by atoms with Crippen molar-refractivity contribution < 1.29 is 0 Å². The van der Waals surface area contributed by atoms with Crippen LogP contribution in [0.4, 0.5) is 0 Å². The third-order valence-electron chi connectivity index (χ3n) is 4.78. The van der Waals surface area contributed by atoms with Crippen LogP contribution >= 0.6 is 0 Å². The molecule has 0 aromatic heterocycles. The molecule has 0 saturated carbocycles. The number of hydrogen-bond donors (Lipinski definition) is 1. The number of aliphatic imine (C=N–C) groups is 3. The van der Waals surface area contributed by atoms with E-state index in [1.807, 2.05) is 90.2 Å². The number of fused-ring (bicyclic) bond motifs is 1. The number of nitrogens with zero attached hydrogens (tertiary/aromatic N) is 3. The zero-order valence-corrected chi connectivity index (χ0v) is 24.5. The molecule has 2 rings (SSSR count). The summed E-state index contributed by atoms with van der Waals surface area (Å²) in [6.45, 7) is 27.4. The molecule has 204 valence electrons. The molecule has 2 aliphatic rings. The zero-order valence-electron chi connectivity index (χ0n) is 24.5. The fourth-order valence-corrected chi connectivity index (χ4v) is 2.92. The van der Waals surface area contributed by atoms with Gasteiger partial charge < -0.3 is 5.73 Å². The van der Waals surface area contributed by atoms with Gasteiger partial charge in [0, 0.05) is 11.9 Å². The summed E-state index contributed by atoms with van der Waals surface area (Å²) < 4.78 is 0. The van der Waals surface area contributed by atoms with Gasteiger partial charge in [0.1, 0.15) is 0 Å². The lowest BCUT2D eigenvalue weighted by Gasteiger charge is -2.04. The monoisotopic (exact) mass is 520 g/mol. The molecule has 0 radical (unpaired) electrons. The van der Waals surface area contributed by atoms with Crippen molar-refractivity contribution >= 4 is 17.6 Å². The lowest BCUT2D eigenvalue weighted by Crippen LogP contribution is -2.06. The Morgan fingerprint density at radius 1 is 1.10 bits per heavy atom. The van der Waals surface area contributed by atoms with E-state index in [2.05, 4.69) is 65.3 Å². The van der Waals surface area contributed by atoms with E-state index in [0.29, 0.717) is 18.0 Å². The molecular weight excluding hydrogens is 476 g/mol. The first-order valence-corrected chi connectivity index (χ1v) is 13.0. The van der Waals surface area contributed by atoms with Gasteiger partial charge in [-0.25, -0.2) is 0 Å². The van der Waals surface area contributed by atoms with E-state index in [9.17, 15) is 0 Å². The molecule has 1 aliphatic heterocycles. The summed E-state index contributed by atoms with van der Waals surface area (Å²) in [5.74, 6) is 0. The standard InChI is InChI=1S/C18H18N2.C15H20N2.C2H6/c1-4-19-17(12-14(2)3)18-13-16-9-7-5-6-8-15(16)10-11-20-18;1-6-8-9-11-12(3)15(10-7-2)17-14(5)13(4)16;1-2/h4-5,7-10,12-13H,2,11H2,1,3H3;6-11H,2-4,16H2,1,5H3;1-2H3/b17-12-,19-4?;8-6-,11-9-,15-10-,17-14?;. The third kappa shape index (κ3) is 14.1. The molecular formula is C35H44N4. The second-order valence-electron chi connectivity index (χ2n) is 8.01. The van der Waals surface area contributed by atoms with Gasteiger partial charge in [0.15, 0.2) is 0 Å². The minimum atomic E-state index is 0.449. The Hall–Kier alpha value is -4.53. The van der Waals surface area contributed by atoms with Crippen molar-refractivity contribution in [3.8, 4) is 0 Å². The van der Waals surface area contributed by atoms with E-state index in [1.54, 1.807) is 18.4 Å². The van der Waals surface area contributed by atoms with Gasteiger partial charge in [-0.15, -0.1) is 5.73 Å². The third-order valence-corrected chi connectivity index (χ3v) is 4.78. The highest BCUT2D eigenvalue weighted by Gasteiger charge is 2.10. The molecule has 0 fully saturated rings. The Morgan fingerprint density at radius 3 is 2.41 bits per heavy atom. The quantitative estimate of drug-likeness (QED) is 0.184. The number of rotatable bonds is 9. The van der Waals surface area contributed by atoms with Crippen LogP contribution in [0.3, 0.4) is 0 Å². The minimum absolute atomic E-state index is 0.449. The highest BCUT2D eigenvalue weighted by Crippen LogP contribution is 2.20. The summed E-state index contributed by atoms with van der Waals surface area (Å²) in [7, 11) is 0. The van der Waals surface area contributed by atoms with Gasteiger partial charge in [0.05, 0.1) is 29.4 Å². The molecule has 39 heavy (non-hydrogen) atoms. The molecule has 2 N–H and O–H groups in total. The summed E-state index contributed by atoms with van der Waals surface area (Å²) in [5.41, 5.74) is 16.3. The second-order valence-corrected chi connectivity index (χ2v) is 8.01. The molecule has 1 aliphatic carbocycles. The second kappa shape index (κ2) is 20.5. The highest BCUT2D eigenvalue weighted by atomic mass is 14.8. The SMILES string of the molecule is C=C(C)/C=C(\N=CC)C1=NCC=C2C=C=CC=CC2=C1.C=C/C=C(\N=C(C)C(=C)N)C(=C)/C=C\C=C/C.CC. The first-order valence-electron chi connectivity index (χ1n) is 13.0. The molecule has 0 saturated heterocycles. The smallest absolute Gasteiger partial charge is 0.0880 e. The highest BCUT2D eigenvalue weighted by molar-refractivity contribution is 6.10. The van der Waals surface area contributed by atoms with Crippen molar-refractivity contribution in [1.29, 1.82) is 0 Å². The van der Waals surface area contributed by atoms with Gasteiger partial charge in [-0.05, 0) is 74.8 Å².